The molecule has 0 aliphatic carbocycles. The zero-order valence-corrected chi connectivity index (χ0v) is 40.4. The number of aryl methyl sites for hydroxylation is 4. The van der Waals surface area contributed by atoms with E-state index < -0.39 is 0 Å². The summed E-state index contributed by atoms with van der Waals surface area (Å²) in [7, 11) is 0. The van der Waals surface area contributed by atoms with Gasteiger partial charge in [-0.15, -0.1) is 0 Å². The lowest BCUT2D eigenvalue weighted by Gasteiger charge is -2.29. The van der Waals surface area contributed by atoms with Crippen LogP contribution in [-0.4, -0.2) is 0 Å². The Kier molecular flexibility index (Phi) is 10.1. The number of hydrogen-bond donors (Lipinski definition) is 0. The van der Waals surface area contributed by atoms with Crippen molar-refractivity contribution in [3.63, 3.8) is 0 Å². The number of rotatable bonds is 8. The molecule has 72 heavy (non-hydrogen) atoms. The minimum atomic E-state index is 0.392. The van der Waals surface area contributed by atoms with Crippen LogP contribution in [0.5, 0.6) is 0 Å². The molecule has 0 spiro atoms. The molecule has 0 unspecified atom stereocenters. The highest BCUT2D eigenvalue weighted by atomic mass is 16.3. The zero-order valence-electron chi connectivity index (χ0n) is 40.4. The lowest BCUT2D eigenvalue weighted by atomic mass is 9.99. The number of benzene rings is 11. The summed E-state index contributed by atoms with van der Waals surface area (Å²) < 4.78 is 13.4. The van der Waals surface area contributed by atoms with Crippen LogP contribution in [0.1, 0.15) is 27.8 Å². The van der Waals surface area contributed by atoms with Crippen LogP contribution < -0.4 is 9.80 Å². The van der Waals surface area contributed by atoms with E-state index >= 15 is 0 Å². The smallest absolute Gasteiger partial charge is 0.157 e. The molecule has 2 heterocycles. The molecule has 0 aliphatic rings. The normalized spacial score (nSPS) is 11.6. The Morgan fingerprint density at radius 1 is 0.333 bits per heavy atom. The topological polar surface area (TPSA) is 56.6 Å². The Balaban J connectivity index is 0.926. The second-order valence-corrected chi connectivity index (χ2v) is 19.1. The predicted octanol–water partition coefficient (Wildman–Crippen LogP) is 19.2. The van der Waals surface area contributed by atoms with E-state index in [0.717, 1.165) is 88.3 Å². The van der Waals surface area contributed by atoms with Gasteiger partial charge < -0.3 is 18.6 Å². The molecule has 342 valence electrons. The van der Waals surface area contributed by atoms with Gasteiger partial charge in [0, 0.05) is 44.3 Å². The van der Waals surface area contributed by atoms with Gasteiger partial charge in [-0.3, -0.25) is 0 Å². The molecule has 2 aromatic heterocycles. The van der Waals surface area contributed by atoms with Crippen molar-refractivity contribution in [2.75, 3.05) is 9.80 Å². The van der Waals surface area contributed by atoms with Gasteiger partial charge in [-0.05, 0) is 173 Å². The summed E-state index contributed by atoms with van der Waals surface area (Å²) in [4.78, 5) is 4.73. The third-order valence-electron chi connectivity index (χ3n) is 14.5. The number of nitriles is 1. The van der Waals surface area contributed by atoms with E-state index in [0.29, 0.717) is 27.9 Å². The molecule has 5 nitrogen and oxygen atoms in total. The standard InChI is InChI=1S/C67H47N3O2/c1-41-15-11-16-42(2)64(41)69(53-25-13-23-47(31-53)45-19-7-5-8-20-45)55-29-27-49-35-57-59-39-60-58-36-50-28-30-56(34-52(50)38-63(58)72-67(60)61(40-68)66(59)71-62(57)37-51(49)33-55)70(65-43(3)17-12-18-44(65)4)54-26-14-24-48(32-54)46-21-9-6-10-22-46/h5-39H,1-4H3. The molecule has 0 saturated heterocycles. The molecule has 0 fully saturated rings. The molecule has 0 N–H and O–H groups in total. The highest BCUT2D eigenvalue weighted by Gasteiger charge is 2.24. The molecule has 0 saturated carbocycles. The van der Waals surface area contributed by atoms with E-state index in [1.807, 2.05) is 0 Å². The van der Waals surface area contributed by atoms with Crippen LogP contribution in [0.4, 0.5) is 34.1 Å². The lowest BCUT2D eigenvalue weighted by Crippen LogP contribution is -2.13. The zero-order chi connectivity index (χ0) is 48.6. The van der Waals surface area contributed by atoms with Gasteiger partial charge in [0.2, 0.25) is 0 Å². The molecule has 0 bridgehead atoms. The van der Waals surface area contributed by atoms with Gasteiger partial charge >= 0.3 is 0 Å². The molecule has 13 aromatic rings. The summed E-state index contributed by atoms with van der Waals surface area (Å²) in [6, 6.07) is 78.1. The van der Waals surface area contributed by atoms with Crippen LogP contribution in [0.2, 0.25) is 0 Å². The first kappa shape index (κ1) is 42.7. The fourth-order valence-electron chi connectivity index (χ4n) is 11.0. The minimum absolute atomic E-state index is 0.392. The van der Waals surface area contributed by atoms with Crippen molar-refractivity contribution in [2.24, 2.45) is 0 Å². The van der Waals surface area contributed by atoms with E-state index in [4.69, 9.17) is 8.83 Å². The lowest BCUT2D eigenvalue weighted by molar-refractivity contribution is 0.654. The SMILES string of the molecule is Cc1cccc(C)c1N(c1cccc(-c2ccccc2)c1)c1ccc2cc3c(cc2c1)oc1c(C#N)c2oc4cc5cc(N(c6cccc(-c7ccccc7)c6)c6c(C)cccc6C)ccc5cc4c2cc13. The Morgan fingerprint density at radius 3 is 1.14 bits per heavy atom. The number of anilines is 6. The Bertz CT molecular complexity index is 4040. The predicted molar refractivity (Wildman–Crippen MR) is 300 cm³/mol. The largest absolute Gasteiger partial charge is 0.454 e. The first-order valence-corrected chi connectivity index (χ1v) is 24.4. The van der Waals surface area contributed by atoms with E-state index in [1.54, 1.807) is 0 Å². The molecule has 0 amide bonds. The van der Waals surface area contributed by atoms with Crippen molar-refractivity contribution in [3.05, 3.63) is 240 Å². The number of nitrogens with zero attached hydrogens (tertiary/aromatic N) is 3. The van der Waals surface area contributed by atoms with Crippen molar-refractivity contribution in [1.82, 2.24) is 0 Å². The van der Waals surface area contributed by atoms with Crippen LogP contribution in [0.3, 0.4) is 0 Å². The molecule has 13 rings (SSSR count). The molecule has 0 aliphatic heterocycles. The van der Waals surface area contributed by atoms with Crippen molar-refractivity contribution in [3.8, 4) is 28.3 Å². The molecular weight excluding hydrogens is 879 g/mol. The maximum absolute atomic E-state index is 10.9. The monoisotopic (exact) mass is 925 g/mol. The minimum Gasteiger partial charge on any atom is -0.454 e. The molecule has 0 radical (unpaired) electrons. The van der Waals surface area contributed by atoms with Crippen LogP contribution in [0, 0.1) is 39.0 Å². The highest BCUT2D eigenvalue weighted by molar-refractivity contribution is 6.20. The summed E-state index contributed by atoms with van der Waals surface area (Å²) >= 11 is 0. The molecular formula is C67H47N3O2. The average Bonchev–Trinajstić information content (AvgIpc) is 3.95. The van der Waals surface area contributed by atoms with Crippen LogP contribution >= 0.6 is 0 Å². The van der Waals surface area contributed by atoms with Gasteiger partial charge in [0.25, 0.3) is 0 Å². The van der Waals surface area contributed by atoms with Gasteiger partial charge in [-0.25, -0.2) is 0 Å². The second-order valence-electron chi connectivity index (χ2n) is 19.1. The van der Waals surface area contributed by atoms with Gasteiger partial charge in [0.1, 0.15) is 22.8 Å². The maximum atomic E-state index is 10.9. The first-order valence-electron chi connectivity index (χ1n) is 24.4. The van der Waals surface area contributed by atoms with Crippen LogP contribution in [-0.2, 0) is 0 Å². The Morgan fingerprint density at radius 2 is 0.722 bits per heavy atom. The number of hydrogen-bond acceptors (Lipinski definition) is 5. The second kappa shape index (κ2) is 16.9. The van der Waals surface area contributed by atoms with Gasteiger partial charge in [0.15, 0.2) is 11.2 Å². The van der Waals surface area contributed by atoms with E-state index in [2.05, 4.69) is 256 Å². The average molecular weight is 926 g/mol. The van der Waals surface area contributed by atoms with Gasteiger partial charge in [0.05, 0.1) is 11.4 Å². The number of fused-ring (bicyclic) bond motifs is 8. The van der Waals surface area contributed by atoms with Gasteiger partial charge in [-0.1, -0.05) is 133 Å². The van der Waals surface area contributed by atoms with Crippen LogP contribution in [0.25, 0.3) is 87.7 Å². The number of para-hydroxylation sites is 2. The molecule has 11 aromatic carbocycles. The first-order chi connectivity index (χ1) is 35.3. The fourth-order valence-corrected chi connectivity index (χ4v) is 11.0. The molecule has 0 atom stereocenters. The van der Waals surface area contributed by atoms with Gasteiger partial charge in [-0.2, -0.15) is 5.26 Å². The summed E-state index contributed by atoms with van der Waals surface area (Å²) in [5, 5.41) is 18.8. The Labute approximate surface area is 417 Å². The van der Waals surface area contributed by atoms with Crippen molar-refractivity contribution in [2.45, 2.75) is 27.7 Å². The summed E-state index contributed by atoms with van der Waals surface area (Å²) in [5.41, 5.74) is 18.8. The summed E-state index contributed by atoms with van der Waals surface area (Å²) in [5.74, 6) is 0. The van der Waals surface area contributed by atoms with Crippen molar-refractivity contribution in [1.29, 1.82) is 5.26 Å². The Hall–Kier alpha value is -9.37. The van der Waals surface area contributed by atoms with E-state index in [9.17, 15) is 5.26 Å². The van der Waals surface area contributed by atoms with Crippen molar-refractivity contribution >= 4 is 99.5 Å². The summed E-state index contributed by atoms with van der Waals surface area (Å²) in [6.07, 6.45) is 0. The van der Waals surface area contributed by atoms with E-state index in [1.165, 1.54) is 33.4 Å². The highest BCUT2D eigenvalue weighted by Crippen LogP contribution is 2.46. The van der Waals surface area contributed by atoms with Crippen LogP contribution in [0.15, 0.2) is 221 Å². The van der Waals surface area contributed by atoms with Crippen molar-refractivity contribution < 1.29 is 8.83 Å². The summed E-state index contributed by atoms with van der Waals surface area (Å²) in [6.45, 7) is 8.70. The third-order valence-corrected chi connectivity index (χ3v) is 14.5. The molecule has 5 heteroatoms. The number of furan rings is 2. The maximum Gasteiger partial charge on any atom is 0.157 e. The third kappa shape index (κ3) is 7.07. The fraction of sp³-hybridized carbons (Fsp3) is 0.0597. The quantitative estimate of drug-likeness (QED) is 0.152. The van der Waals surface area contributed by atoms with E-state index in [-0.39, 0.29) is 0 Å².